The second-order valence-electron chi connectivity index (χ2n) is 4.51. The van der Waals surface area contributed by atoms with Crippen LogP contribution in [0.25, 0.3) is 5.70 Å². The van der Waals surface area contributed by atoms with Crippen molar-refractivity contribution < 1.29 is 9.18 Å². The van der Waals surface area contributed by atoms with E-state index in [9.17, 15) is 9.18 Å². The van der Waals surface area contributed by atoms with E-state index >= 15 is 0 Å². The zero-order chi connectivity index (χ0) is 15.1. The van der Waals surface area contributed by atoms with Gasteiger partial charge in [-0.25, -0.2) is 4.39 Å². The number of carbonyl (C=O) groups excluding carboxylic acids is 1. The van der Waals surface area contributed by atoms with Crippen molar-refractivity contribution in [2.45, 2.75) is 0 Å². The second-order valence-corrected chi connectivity index (χ2v) is 4.51. The third kappa shape index (κ3) is 4.26. The molecule has 0 saturated heterocycles. The van der Waals surface area contributed by atoms with Gasteiger partial charge in [0.2, 0.25) is 0 Å². The quantitative estimate of drug-likeness (QED) is 0.633. The first-order valence-corrected chi connectivity index (χ1v) is 6.71. The van der Waals surface area contributed by atoms with Gasteiger partial charge in [0.1, 0.15) is 5.82 Å². The highest BCUT2D eigenvalue weighted by molar-refractivity contribution is 6.08. The summed E-state index contributed by atoms with van der Waals surface area (Å²) in [4.78, 5) is 12.2. The van der Waals surface area contributed by atoms with Gasteiger partial charge in [-0.05, 0) is 17.7 Å². The number of hydrogen-bond acceptors (Lipinski definition) is 3. The maximum Gasteiger partial charge on any atom is 0.187 e. The molecule has 2 aromatic rings. The summed E-state index contributed by atoms with van der Waals surface area (Å²) in [5, 5.41) is 3.10. The highest BCUT2D eigenvalue weighted by Crippen LogP contribution is 2.14. The minimum atomic E-state index is -0.314. The molecule has 0 bridgehead atoms. The molecule has 0 aliphatic carbocycles. The molecule has 108 valence electrons. The Kier molecular flexibility index (Phi) is 5.23. The van der Waals surface area contributed by atoms with Gasteiger partial charge < -0.3 is 11.1 Å². The van der Waals surface area contributed by atoms with Gasteiger partial charge in [-0.3, -0.25) is 4.79 Å². The van der Waals surface area contributed by atoms with Gasteiger partial charge in [0.05, 0.1) is 0 Å². The van der Waals surface area contributed by atoms with Crippen LogP contribution in [0.15, 0.2) is 60.7 Å². The predicted octanol–water partition coefficient (Wildman–Crippen LogP) is 2.60. The monoisotopic (exact) mass is 284 g/mol. The summed E-state index contributed by atoms with van der Waals surface area (Å²) < 4.78 is 13.0. The van der Waals surface area contributed by atoms with E-state index in [1.165, 1.54) is 18.2 Å². The number of halogens is 1. The average molecular weight is 284 g/mol. The van der Waals surface area contributed by atoms with Gasteiger partial charge in [-0.15, -0.1) is 0 Å². The molecule has 0 saturated carbocycles. The van der Waals surface area contributed by atoms with Crippen molar-refractivity contribution in [3.63, 3.8) is 0 Å². The molecule has 0 heterocycles. The molecule has 0 unspecified atom stereocenters. The predicted molar refractivity (Wildman–Crippen MR) is 82.2 cm³/mol. The van der Waals surface area contributed by atoms with E-state index in [1.807, 2.05) is 18.2 Å². The van der Waals surface area contributed by atoms with Crippen LogP contribution in [0.4, 0.5) is 4.39 Å². The van der Waals surface area contributed by atoms with Crippen molar-refractivity contribution in [2.75, 3.05) is 13.1 Å². The highest BCUT2D eigenvalue weighted by atomic mass is 19.1. The number of benzene rings is 2. The molecule has 0 atom stereocenters. The maximum atomic E-state index is 13.0. The molecule has 0 fully saturated rings. The largest absolute Gasteiger partial charge is 0.383 e. The molecule has 3 nitrogen and oxygen atoms in total. The average Bonchev–Trinajstić information content (AvgIpc) is 2.53. The Labute approximate surface area is 123 Å². The summed E-state index contributed by atoms with van der Waals surface area (Å²) in [6.45, 7) is 0.976. The van der Waals surface area contributed by atoms with Crippen LogP contribution < -0.4 is 11.1 Å². The Morgan fingerprint density at radius 1 is 1.05 bits per heavy atom. The Morgan fingerprint density at radius 3 is 2.33 bits per heavy atom. The van der Waals surface area contributed by atoms with E-state index < -0.39 is 0 Å². The molecule has 4 heteroatoms. The molecular formula is C17H17FN2O. The molecule has 2 rings (SSSR count). The van der Waals surface area contributed by atoms with E-state index in [1.54, 1.807) is 24.3 Å². The molecule has 0 spiro atoms. The van der Waals surface area contributed by atoms with Crippen molar-refractivity contribution in [3.8, 4) is 0 Å². The molecule has 0 aliphatic rings. The number of ketones is 1. The molecule has 0 radical (unpaired) electrons. The molecule has 21 heavy (non-hydrogen) atoms. The lowest BCUT2D eigenvalue weighted by Gasteiger charge is -2.10. The van der Waals surface area contributed by atoms with Crippen molar-refractivity contribution in [1.29, 1.82) is 0 Å². The van der Waals surface area contributed by atoms with E-state index in [4.69, 9.17) is 5.73 Å². The summed E-state index contributed by atoms with van der Waals surface area (Å²) >= 11 is 0. The van der Waals surface area contributed by atoms with Crippen LogP contribution in [0, 0.1) is 5.82 Å². The van der Waals surface area contributed by atoms with Crippen LogP contribution >= 0.6 is 0 Å². The highest BCUT2D eigenvalue weighted by Gasteiger charge is 2.07. The molecule has 0 amide bonds. The maximum absolute atomic E-state index is 13.0. The standard InChI is InChI=1S/C17H17FN2O/c18-15-8-6-13(7-9-15)16(20-11-10-19)12-17(21)14-4-2-1-3-5-14/h1-9,12,20H,10-11,19H2/b16-12-. The summed E-state index contributed by atoms with van der Waals surface area (Å²) in [6, 6.07) is 15.0. The first-order valence-electron chi connectivity index (χ1n) is 6.71. The van der Waals surface area contributed by atoms with Crippen LogP contribution in [0.5, 0.6) is 0 Å². The number of hydrogen-bond donors (Lipinski definition) is 2. The number of allylic oxidation sites excluding steroid dienone is 1. The summed E-state index contributed by atoms with van der Waals surface area (Å²) in [5.74, 6) is -0.425. The van der Waals surface area contributed by atoms with Gasteiger partial charge in [-0.1, -0.05) is 42.5 Å². The minimum Gasteiger partial charge on any atom is -0.383 e. The Morgan fingerprint density at radius 2 is 1.71 bits per heavy atom. The molecule has 3 N–H and O–H groups in total. The Bertz CT molecular complexity index is 621. The van der Waals surface area contributed by atoms with Crippen LogP contribution in [0.3, 0.4) is 0 Å². The van der Waals surface area contributed by atoms with Gasteiger partial charge >= 0.3 is 0 Å². The van der Waals surface area contributed by atoms with E-state index in [0.717, 1.165) is 5.56 Å². The Hall–Kier alpha value is -2.46. The number of rotatable bonds is 6. The third-order valence-corrected chi connectivity index (χ3v) is 2.95. The van der Waals surface area contributed by atoms with Crippen LogP contribution in [0.2, 0.25) is 0 Å². The SMILES string of the molecule is NCCN/C(=C\C(=O)c1ccccc1)c1ccc(F)cc1. The summed E-state index contributed by atoms with van der Waals surface area (Å²) in [6.07, 6.45) is 1.51. The van der Waals surface area contributed by atoms with E-state index in [2.05, 4.69) is 5.32 Å². The van der Waals surface area contributed by atoms with Crippen molar-refractivity contribution in [2.24, 2.45) is 5.73 Å². The minimum absolute atomic E-state index is 0.112. The molecular weight excluding hydrogens is 267 g/mol. The zero-order valence-corrected chi connectivity index (χ0v) is 11.6. The van der Waals surface area contributed by atoms with Crippen molar-refractivity contribution in [3.05, 3.63) is 77.6 Å². The van der Waals surface area contributed by atoms with E-state index in [-0.39, 0.29) is 11.6 Å². The van der Waals surface area contributed by atoms with Gasteiger partial charge in [-0.2, -0.15) is 0 Å². The normalized spacial score (nSPS) is 11.2. The number of carbonyl (C=O) groups is 1. The number of nitrogens with two attached hydrogens (primary N) is 1. The van der Waals surface area contributed by atoms with Gasteiger partial charge in [0, 0.05) is 30.4 Å². The zero-order valence-electron chi connectivity index (χ0n) is 11.6. The van der Waals surface area contributed by atoms with Crippen LogP contribution in [0.1, 0.15) is 15.9 Å². The van der Waals surface area contributed by atoms with Crippen LogP contribution in [-0.4, -0.2) is 18.9 Å². The lowest BCUT2D eigenvalue weighted by Crippen LogP contribution is -2.22. The van der Waals surface area contributed by atoms with Crippen molar-refractivity contribution >= 4 is 11.5 Å². The van der Waals surface area contributed by atoms with Crippen molar-refractivity contribution in [1.82, 2.24) is 5.32 Å². The Balaban J connectivity index is 2.28. The van der Waals surface area contributed by atoms with Gasteiger partial charge in [0.25, 0.3) is 0 Å². The first-order chi connectivity index (χ1) is 10.2. The summed E-state index contributed by atoms with van der Waals surface area (Å²) in [7, 11) is 0. The molecule has 0 aliphatic heterocycles. The topological polar surface area (TPSA) is 55.1 Å². The fourth-order valence-electron chi connectivity index (χ4n) is 1.89. The lowest BCUT2D eigenvalue weighted by atomic mass is 10.1. The molecule has 0 aromatic heterocycles. The second kappa shape index (κ2) is 7.36. The fourth-order valence-corrected chi connectivity index (χ4v) is 1.89. The third-order valence-electron chi connectivity index (χ3n) is 2.95. The first kappa shape index (κ1) is 14.9. The van der Waals surface area contributed by atoms with Crippen LogP contribution in [-0.2, 0) is 0 Å². The number of nitrogens with one attached hydrogen (secondary N) is 1. The molecule has 2 aromatic carbocycles. The fraction of sp³-hybridized carbons (Fsp3) is 0.118. The van der Waals surface area contributed by atoms with Gasteiger partial charge in [0.15, 0.2) is 5.78 Å². The lowest BCUT2D eigenvalue weighted by molar-refractivity contribution is 0.104. The van der Waals surface area contributed by atoms with E-state index in [0.29, 0.717) is 24.4 Å². The summed E-state index contributed by atoms with van der Waals surface area (Å²) in [5.41, 5.74) is 7.47. The smallest absolute Gasteiger partial charge is 0.187 e.